The number of halogens is 1. The molecular formula is C12H16IO2P. The Morgan fingerprint density at radius 1 is 1.25 bits per heavy atom. The van der Waals surface area contributed by atoms with Crippen molar-refractivity contribution in [2.45, 2.75) is 25.6 Å². The lowest BCUT2D eigenvalue weighted by Crippen LogP contribution is -2.33. The van der Waals surface area contributed by atoms with E-state index in [2.05, 4.69) is 46.3 Å². The lowest BCUT2D eigenvalue weighted by Gasteiger charge is -2.34. The molecule has 2 rings (SSSR count). The van der Waals surface area contributed by atoms with E-state index in [1.165, 1.54) is 5.56 Å². The molecule has 0 aliphatic heterocycles. The third-order valence-corrected chi connectivity index (χ3v) is 4.10. The minimum absolute atomic E-state index is 0.450. The summed E-state index contributed by atoms with van der Waals surface area (Å²) in [5.41, 5.74) is 1.26. The van der Waals surface area contributed by atoms with Crippen LogP contribution in [-0.2, 0) is 15.9 Å². The zero-order chi connectivity index (χ0) is 11.2. The van der Waals surface area contributed by atoms with Crippen LogP contribution < -0.4 is 0 Å². The molecule has 1 aliphatic carbocycles. The zero-order valence-electron chi connectivity index (χ0n) is 9.06. The van der Waals surface area contributed by atoms with Gasteiger partial charge in [-0.1, -0.05) is 30.3 Å². The summed E-state index contributed by atoms with van der Waals surface area (Å²) in [6.45, 7) is 2.24. The van der Waals surface area contributed by atoms with Crippen molar-refractivity contribution in [3.05, 3.63) is 35.9 Å². The van der Waals surface area contributed by atoms with Gasteiger partial charge in [0.15, 0.2) is 0 Å². The summed E-state index contributed by atoms with van der Waals surface area (Å²) in [5.74, 6) is 0.725. The molecule has 0 saturated heterocycles. The average molecular weight is 350 g/mol. The van der Waals surface area contributed by atoms with Crippen LogP contribution >= 0.6 is 28.5 Å². The van der Waals surface area contributed by atoms with Gasteiger partial charge in [0.2, 0.25) is 0 Å². The van der Waals surface area contributed by atoms with Crippen LogP contribution in [0.15, 0.2) is 30.3 Å². The summed E-state index contributed by atoms with van der Waals surface area (Å²) in [4.78, 5) is 0. The lowest BCUT2D eigenvalue weighted by molar-refractivity contribution is -0.0491. The highest BCUT2D eigenvalue weighted by molar-refractivity contribution is 14.2. The second-order valence-electron chi connectivity index (χ2n) is 4.14. The highest BCUT2D eigenvalue weighted by atomic mass is 127. The van der Waals surface area contributed by atoms with Crippen LogP contribution in [0.5, 0.6) is 0 Å². The highest BCUT2D eigenvalue weighted by Crippen LogP contribution is 2.33. The first-order chi connectivity index (χ1) is 7.88. The van der Waals surface area contributed by atoms with Crippen LogP contribution in [0.2, 0.25) is 0 Å². The van der Waals surface area contributed by atoms with Crippen LogP contribution in [0.4, 0.5) is 0 Å². The molecule has 0 radical (unpaired) electrons. The molecule has 1 saturated carbocycles. The van der Waals surface area contributed by atoms with Crippen molar-refractivity contribution < 1.29 is 9.26 Å². The fourth-order valence-electron chi connectivity index (χ4n) is 1.88. The maximum Gasteiger partial charge on any atom is 0.0793 e. The third kappa shape index (κ3) is 3.95. The fourth-order valence-corrected chi connectivity index (χ4v) is 2.72. The molecule has 0 N–H and O–H groups in total. The van der Waals surface area contributed by atoms with Gasteiger partial charge in [0, 0.05) is 0 Å². The molecule has 2 nitrogen and oxygen atoms in total. The Kier molecular flexibility index (Phi) is 5.49. The van der Waals surface area contributed by atoms with E-state index in [9.17, 15) is 0 Å². The Bertz CT molecular complexity index is 301. The van der Waals surface area contributed by atoms with Gasteiger partial charge in [-0.05, 0) is 46.4 Å². The van der Waals surface area contributed by atoms with E-state index in [0.717, 1.165) is 32.0 Å². The second-order valence-corrected chi connectivity index (χ2v) is 5.91. The van der Waals surface area contributed by atoms with E-state index in [4.69, 9.17) is 9.26 Å². The monoisotopic (exact) mass is 350 g/mol. The first-order valence-corrected chi connectivity index (χ1v) is 9.53. The van der Waals surface area contributed by atoms with Gasteiger partial charge in [-0.3, -0.25) is 0 Å². The van der Waals surface area contributed by atoms with Crippen molar-refractivity contribution >= 4 is 28.5 Å². The summed E-state index contributed by atoms with van der Waals surface area (Å²) in [5, 5.41) is 0. The molecular weight excluding hydrogens is 334 g/mol. The summed E-state index contributed by atoms with van der Waals surface area (Å²) in [7, 11) is 0. The third-order valence-electron chi connectivity index (χ3n) is 2.89. The van der Waals surface area contributed by atoms with Gasteiger partial charge >= 0.3 is 0 Å². The molecule has 1 unspecified atom stereocenters. The number of hydrogen-bond acceptors (Lipinski definition) is 2. The van der Waals surface area contributed by atoms with Crippen molar-refractivity contribution in [3.63, 3.8) is 0 Å². The Hall–Kier alpha value is 0.300. The number of benzene rings is 1. The van der Waals surface area contributed by atoms with Gasteiger partial charge < -0.3 is 9.26 Å². The molecule has 0 bridgehead atoms. The summed E-state index contributed by atoms with van der Waals surface area (Å²) in [6.07, 6.45) is 2.77. The number of rotatable bonds is 6. The molecule has 1 aliphatic rings. The molecule has 0 spiro atoms. The van der Waals surface area contributed by atoms with Crippen LogP contribution in [0.25, 0.3) is 0 Å². The van der Waals surface area contributed by atoms with Gasteiger partial charge in [0.1, 0.15) is 0 Å². The van der Waals surface area contributed by atoms with E-state index in [1.807, 2.05) is 6.07 Å². The van der Waals surface area contributed by atoms with Crippen molar-refractivity contribution in [2.75, 3.05) is 6.61 Å². The molecule has 1 aromatic carbocycles. The SMILES string of the molecule is IPOCC1CC(OCc2ccccc2)C1. The quantitative estimate of drug-likeness (QED) is 0.572. The van der Waals surface area contributed by atoms with E-state index < -0.39 is 0 Å². The van der Waals surface area contributed by atoms with Crippen LogP contribution in [0, 0.1) is 5.92 Å². The predicted octanol–water partition coefficient (Wildman–Crippen LogP) is 3.94. The maximum absolute atomic E-state index is 5.82. The molecule has 0 heterocycles. The minimum atomic E-state index is 0.450. The first kappa shape index (κ1) is 12.7. The standard InChI is InChI=1S/C12H16IO2P/c13-16-15-9-11-6-12(7-11)14-8-10-4-2-1-3-5-10/h1-5,11-12,16H,6-9H2. The summed E-state index contributed by atoms with van der Waals surface area (Å²) < 4.78 is 11.2. The lowest BCUT2D eigenvalue weighted by atomic mass is 9.83. The molecule has 0 amide bonds. The van der Waals surface area contributed by atoms with Crippen molar-refractivity contribution in [3.8, 4) is 0 Å². The van der Waals surface area contributed by atoms with Crippen molar-refractivity contribution in [1.29, 1.82) is 0 Å². The summed E-state index contributed by atoms with van der Waals surface area (Å²) >= 11 is 2.27. The first-order valence-electron chi connectivity index (χ1n) is 5.51. The molecule has 16 heavy (non-hydrogen) atoms. The Labute approximate surface area is 111 Å². The van der Waals surface area contributed by atoms with E-state index >= 15 is 0 Å². The van der Waals surface area contributed by atoms with Crippen LogP contribution in [0.3, 0.4) is 0 Å². The molecule has 1 fully saturated rings. The molecule has 0 aromatic heterocycles. The van der Waals surface area contributed by atoms with Crippen molar-refractivity contribution in [1.82, 2.24) is 0 Å². The van der Waals surface area contributed by atoms with Crippen LogP contribution in [0.1, 0.15) is 18.4 Å². The summed E-state index contributed by atoms with van der Waals surface area (Å²) in [6, 6.07) is 10.4. The molecule has 1 atom stereocenters. The van der Waals surface area contributed by atoms with Crippen molar-refractivity contribution in [2.24, 2.45) is 5.92 Å². The smallest absolute Gasteiger partial charge is 0.0793 e. The topological polar surface area (TPSA) is 18.5 Å². The largest absolute Gasteiger partial charge is 0.374 e. The average Bonchev–Trinajstić information content (AvgIpc) is 2.28. The van der Waals surface area contributed by atoms with E-state index in [0.29, 0.717) is 12.6 Å². The van der Waals surface area contributed by atoms with Gasteiger partial charge in [-0.15, -0.1) is 0 Å². The normalized spacial score (nSPS) is 24.8. The number of ether oxygens (including phenoxy) is 1. The van der Waals surface area contributed by atoms with Crippen LogP contribution in [-0.4, -0.2) is 12.7 Å². The second kappa shape index (κ2) is 6.90. The van der Waals surface area contributed by atoms with Gasteiger partial charge in [0.25, 0.3) is 0 Å². The molecule has 1 aromatic rings. The molecule has 88 valence electrons. The fraction of sp³-hybridized carbons (Fsp3) is 0.500. The molecule has 4 heteroatoms. The minimum Gasteiger partial charge on any atom is -0.374 e. The zero-order valence-corrected chi connectivity index (χ0v) is 12.2. The maximum atomic E-state index is 5.82. The Morgan fingerprint density at radius 2 is 2.00 bits per heavy atom. The van der Waals surface area contributed by atoms with E-state index in [1.54, 1.807) is 0 Å². The van der Waals surface area contributed by atoms with Gasteiger partial charge in [-0.2, -0.15) is 0 Å². The van der Waals surface area contributed by atoms with E-state index in [-0.39, 0.29) is 0 Å². The number of hydrogen-bond donors (Lipinski definition) is 0. The highest BCUT2D eigenvalue weighted by Gasteiger charge is 2.29. The Morgan fingerprint density at radius 3 is 2.69 bits per heavy atom. The van der Waals surface area contributed by atoms with Gasteiger partial charge in [-0.25, -0.2) is 0 Å². The predicted molar refractivity (Wildman–Crippen MR) is 76.0 cm³/mol. The Balaban J connectivity index is 1.60. The van der Waals surface area contributed by atoms with Gasteiger partial charge in [0.05, 0.1) is 25.8 Å².